The molecule has 2 heterocycles. The maximum Gasteiger partial charge on any atom is 0.339 e. The van der Waals surface area contributed by atoms with Gasteiger partial charge in [0.2, 0.25) is 0 Å². The number of rotatable bonds is 5. The second-order valence-electron chi connectivity index (χ2n) is 5.59. The molecule has 0 bridgehead atoms. The predicted octanol–water partition coefficient (Wildman–Crippen LogP) is 1.07. The summed E-state index contributed by atoms with van der Waals surface area (Å²) >= 11 is 0. The van der Waals surface area contributed by atoms with Crippen LogP contribution in [0.25, 0.3) is 0 Å². The number of aryl methyl sites for hydroxylation is 1. The van der Waals surface area contributed by atoms with Crippen LogP contribution in [-0.2, 0) is 13.6 Å². The number of hydrogen-bond donors (Lipinski definition) is 2. The number of likely N-dealkylation sites (tertiary alicyclic amines) is 1. The zero-order chi connectivity index (χ0) is 14.7. The standard InChI is InChI=1S/C14H24N4O2/c1-3-10-4-5-18(11(6-10)7-15)9-13-12(14(19)20)8-16-17(13)2/h8,10-11H,3-7,9,15H2,1-2H3,(H,19,20). The fraction of sp³-hybridized carbons (Fsp3) is 0.714. The average Bonchev–Trinajstić information content (AvgIpc) is 2.81. The number of carboxylic acid groups (broad SMARTS) is 1. The van der Waals surface area contributed by atoms with Crippen molar-refractivity contribution in [3.05, 3.63) is 17.5 Å². The van der Waals surface area contributed by atoms with E-state index in [-0.39, 0.29) is 0 Å². The average molecular weight is 280 g/mol. The van der Waals surface area contributed by atoms with E-state index in [4.69, 9.17) is 5.73 Å². The number of aromatic nitrogens is 2. The molecule has 0 saturated carbocycles. The first kappa shape index (κ1) is 15.0. The van der Waals surface area contributed by atoms with Crippen LogP contribution in [0, 0.1) is 5.92 Å². The molecule has 2 unspecified atom stereocenters. The molecular formula is C14H24N4O2. The summed E-state index contributed by atoms with van der Waals surface area (Å²) in [5.41, 5.74) is 6.94. The number of nitrogens with two attached hydrogens (primary N) is 1. The summed E-state index contributed by atoms with van der Waals surface area (Å²) in [5.74, 6) is -0.175. The first-order valence-corrected chi connectivity index (χ1v) is 7.25. The van der Waals surface area contributed by atoms with Gasteiger partial charge in [0.15, 0.2) is 0 Å². The minimum absolute atomic E-state index is 0.292. The first-order valence-electron chi connectivity index (χ1n) is 7.25. The number of carbonyl (C=O) groups is 1. The highest BCUT2D eigenvalue weighted by molar-refractivity contribution is 5.88. The van der Waals surface area contributed by atoms with E-state index in [1.807, 2.05) is 0 Å². The van der Waals surface area contributed by atoms with Crippen molar-refractivity contribution in [2.75, 3.05) is 13.1 Å². The van der Waals surface area contributed by atoms with Gasteiger partial charge in [-0.1, -0.05) is 13.3 Å². The lowest BCUT2D eigenvalue weighted by atomic mass is 9.88. The summed E-state index contributed by atoms with van der Waals surface area (Å²) in [7, 11) is 1.79. The van der Waals surface area contributed by atoms with Crippen LogP contribution in [0.5, 0.6) is 0 Å². The Balaban J connectivity index is 2.13. The molecule has 1 aliphatic rings. The van der Waals surface area contributed by atoms with Gasteiger partial charge in [0, 0.05) is 26.2 Å². The van der Waals surface area contributed by atoms with E-state index in [1.54, 1.807) is 11.7 Å². The molecule has 0 aromatic carbocycles. The molecule has 1 saturated heterocycles. The van der Waals surface area contributed by atoms with E-state index in [0.717, 1.165) is 31.0 Å². The van der Waals surface area contributed by atoms with E-state index >= 15 is 0 Å². The largest absolute Gasteiger partial charge is 0.478 e. The summed E-state index contributed by atoms with van der Waals surface area (Å²) in [5, 5.41) is 13.3. The topological polar surface area (TPSA) is 84.4 Å². The van der Waals surface area contributed by atoms with Crippen molar-refractivity contribution < 1.29 is 9.90 Å². The van der Waals surface area contributed by atoms with Gasteiger partial charge in [-0.3, -0.25) is 9.58 Å². The van der Waals surface area contributed by atoms with Gasteiger partial charge in [0.25, 0.3) is 0 Å². The van der Waals surface area contributed by atoms with E-state index in [2.05, 4.69) is 16.9 Å². The van der Waals surface area contributed by atoms with Crippen molar-refractivity contribution in [1.82, 2.24) is 14.7 Å². The summed E-state index contributed by atoms with van der Waals surface area (Å²) in [6.45, 7) is 4.43. The summed E-state index contributed by atoms with van der Waals surface area (Å²) in [4.78, 5) is 13.5. The summed E-state index contributed by atoms with van der Waals surface area (Å²) in [6.07, 6.45) is 4.88. The van der Waals surface area contributed by atoms with E-state index in [9.17, 15) is 9.90 Å². The molecule has 2 atom stereocenters. The second-order valence-corrected chi connectivity index (χ2v) is 5.59. The molecule has 3 N–H and O–H groups in total. The number of nitrogens with zero attached hydrogens (tertiary/aromatic N) is 3. The Hall–Kier alpha value is -1.40. The monoisotopic (exact) mass is 280 g/mol. The summed E-state index contributed by atoms with van der Waals surface area (Å²) in [6, 6.07) is 0.338. The van der Waals surface area contributed by atoms with Crippen LogP contribution < -0.4 is 5.73 Å². The number of piperidine rings is 1. The highest BCUT2D eigenvalue weighted by Crippen LogP contribution is 2.26. The smallest absolute Gasteiger partial charge is 0.339 e. The fourth-order valence-corrected chi connectivity index (χ4v) is 3.03. The summed E-state index contributed by atoms with van der Waals surface area (Å²) < 4.78 is 1.66. The second kappa shape index (κ2) is 6.37. The molecule has 1 aliphatic heterocycles. The Labute approximate surface area is 119 Å². The van der Waals surface area contributed by atoms with Crippen molar-refractivity contribution in [2.45, 2.75) is 38.8 Å². The molecule has 0 amide bonds. The third-order valence-corrected chi connectivity index (χ3v) is 4.44. The van der Waals surface area contributed by atoms with E-state index in [1.165, 1.54) is 12.6 Å². The van der Waals surface area contributed by atoms with Crippen LogP contribution in [0.15, 0.2) is 6.20 Å². The van der Waals surface area contributed by atoms with Crippen molar-refractivity contribution in [2.24, 2.45) is 18.7 Å². The zero-order valence-electron chi connectivity index (χ0n) is 12.2. The molecule has 0 radical (unpaired) electrons. The predicted molar refractivity (Wildman–Crippen MR) is 76.4 cm³/mol. The van der Waals surface area contributed by atoms with Crippen LogP contribution in [-0.4, -0.2) is 44.9 Å². The minimum Gasteiger partial charge on any atom is -0.478 e. The van der Waals surface area contributed by atoms with Gasteiger partial charge in [-0.15, -0.1) is 0 Å². The first-order chi connectivity index (χ1) is 9.56. The third-order valence-electron chi connectivity index (χ3n) is 4.44. The van der Waals surface area contributed by atoms with E-state index < -0.39 is 5.97 Å². The highest BCUT2D eigenvalue weighted by atomic mass is 16.4. The Morgan fingerprint density at radius 3 is 2.95 bits per heavy atom. The SMILES string of the molecule is CCC1CCN(Cc2c(C(=O)O)cnn2C)C(CN)C1. The van der Waals surface area contributed by atoms with E-state index in [0.29, 0.717) is 24.7 Å². The zero-order valence-corrected chi connectivity index (χ0v) is 12.2. The lowest BCUT2D eigenvalue weighted by molar-refractivity contribution is 0.0689. The normalized spacial score (nSPS) is 23.9. The molecular weight excluding hydrogens is 256 g/mol. The van der Waals surface area contributed by atoms with Gasteiger partial charge >= 0.3 is 5.97 Å². The van der Waals surface area contributed by atoms with Crippen LogP contribution in [0.4, 0.5) is 0 Å². The molecule has 1 aromatic rings. The Morgan fingerprint density at radius 2 is 2.35 bits per heavy atom. The molecule has 20 heavy (non-hydrogen) atoms. The van der Waals surface area contributed by atoms with Gasteiger partial charge in [0.05, 0.1) is 11.9 Å². The quantitative estimate of drug-likeness (QED) is 0.842. The number of hydrogen-bond acceptors (Lipinski definition) is 4. The number of carboxylic acids is 1. The lowest BCUT2D eigenvalue weighted by Gasteiger charge is -2.38. The molecule has 1 fully saturated rings. The van der Waals surface area contributed by atoms with Crippen molar-refractivity contribution in [1.29, 1.82) is 0 Å². The Bertz CT molecular complexity index is 472. The number of aromatic carboxylic acids is 1. The van der Waals surface area contributed by atoms with Crippen molar-refractivity contribution >= 4 is 5.97 Å². The Morgan fingerprint density at radius 1 is 1.60 bits per heavy atom. The molecule has 0 spiro atoms. The molecule has 2 rings (SSSR count). The fourth-order valence-electron chi connectivity index (χ4n) is 3.03. The van der Waals surface area contributed by atoms with Crippen LogP contribution >= 0.6 is 0 Å². The maximum absolute atomic E-state index is 11.2. The third kappa shape index (κ3) is 3.02. The highest BCUT2D eigenvalue weighted by Gasteiger charge is 2.28. The van der Waals surface area contributed by atoms with Gasteiger partial charge in [-0.05, 0) is 25.3 Å². The van der Waals surface area contributed by atoms with Gasteiger partial charge in [-0.25, -0.2) is 4.79 Å². The van der Waals surface area contributed by atoms with Gasteiger partial charge in [0.1, 0.15) is 5.56 Å². The van der Waals surface area contributed by atoms with Gasteiger partial charge in [-0.2, -0.15) is 5.10 Å². The molecule has 1 aromatic heterocycles. The lowest BCUT2D eigenvalue weighted by Crippen LogP contribution is -2.46. The molecule has 0 aliphatic carbocycles. The van der Waals surface area contributed by atoms with Crippen molar-refractivity contribution in [3.63, 3.8) is 0 Å². The van der Waals surface area contributed by atoms with Crippen LogP contribution in [0.2, 0.25) is 0 Å². The Kier molecular flexibility index (Phi) is 4.77. The minimum atomic E-state index is -0.916. The molecule has 112 valence electrons. The van der Waals surface area contributed by atoms with Crippen LogP contribution in [0.1, 0.15) is 42.2 Å². The van der Waals surface area contributed by atoms with Gasteiger partial charge < -0.3 is 10.8 Å². The van der Waals surface area contributed by atoms with Crippen molar-refractivity contribution in [3.8, 4) is 0 Å². The molecule has 6 nitrogen and oxygen atoms in total. The molecule has 6 heteroatoms. The van der Waals surface area contributed by atoms with Crippen LogP contribution in [0.3, 0.4) is 0 Å². The maximum atomic E-state index is 11.2.